The quantitative estimate of drug-likeness (QED) is 0.624. The van der Waals surface area contributed by atoms with Gasteiger partial charge in [-0.3, -0.25) is 4.79 Å². The van der Waals surface area contributed by atoms with Crippen molar-refractivity contribution in [1.29, 1.82) is 0 Å². The summed E-state index contributed by atoms with van der Waals surface area (Å²) in [6.07, 6.45) is 0. The van der Waals surface area contributed by atoms with Crippen LogP contribution in [0.5, 0.6) is 0 Å². The highest BCUT2D eigenvalue weighted by molar-refractivity contribution is 6.64. The predicted octanol–water partition coefficient (Wildman–Crippen LogP) is 3.84. The molecule has 0 amide bonds. The van der Waals surface area contributed by atoms with Gasteiger partial charge in [-0.1, -0.05) is 64.1 Å². The molecule has 0 spiro atoms. The zero-order chi connectivity index (χ0) is 17.0. The third kappa shape index (κ3) is 3.82. The van der Waals surface area contributed by atoms with Crippen LogP contribution in [0.3, 0.4) is 0 Å². The van der Waals surface area contributed by atoms with Gasteiger partial charge in [-0.05, 0) is 23.2 Å². The molecule has 0 aromatic heterocycles. The summed E-state index contributed by atoms with van der Waals surface area (Å²) in [4.78, 5) is 11.8. The van der Waals surface area contributed by atoms with E-state index in [0.29, 0.717) is 13.2 Å². The van der Waals surface area contributed by atoms with E-state index < -0.39 is 0 Å². The Hall–Kier alpha value is -1.65. The maximum absolute atomic E-state index is 11.8. The van der Waals surface area contributed by atoms with Crippen molar-refractivity contribution in [3.8, 4) is 0 Å². The molecule has 0 saturated carbocycles. The number of rotatable bonds is 2. The van der Waals surface area contributed by atoms with Gasteiger partial charge in [0.25, 0.3) is 0 Å². The summed E-state index contributed by atoms with van der Waals surface area (Å²) in [6, 6.07) is 11.7. The van der Waals surface area contributed by atoms with Crippen molar-refractivity contribution < 1.29 is 14.1 Å². The summed E-state index contributed by atoms with van der Waals surface area (Å²) in [7, 11) is -0.357. The fourth-order valence-electron chi connectivity index (χ4n) is 2.72. The van der Waals surface area contributed by atoms with E-state index in [-0.39, 0.29) is 18.3 Å². The molecule has 3 nitrogen and oxygen atoms in total. The molecular formula is C19H25BO3. The second-order valence-electron chi connectivity index (χ2n) is 6.42. The number of hydrogen-bond acceptors (Lipinski definition) is 3. The van der Waals surface area contributed by atoms with Crippen LogP contribution in [-0.4, -0.2) is 26.1 Å². The first-order valence-corrected chi connectivity index (χ1v) is 8.24. The number of carbonyl (C=O) groups excluding carboxylic acids is 1. The van der Waals surface area contributed by atoms with Gasteiger partial charge < -0.3 is 9.31 Å². The second kappa shape index (κ2) is 7.28. The van der Waals surface area contributed by atoms with Gasteiger partial charge >= 0.3 is 7.12 Å². The number of fused-ring (bicyclic) bond motifs is 1. The first kappa shape index (κ1) is 17.7. The van der Waals surface area contributed by atoms with Gasteiger partial charge in [-0.25, -0.2) is 0 Å². The Morgan fingerprint density at radius 2 is 1.57 bits per heavy atom. The number of ketones is 1. The molecule has 23 heavy (non-hydrogen) atoms. The topological polar surface area (TPSA) is 35.5 Å². The molecule has 1 aliphatic rings. The number of hydrogen-bond donors (Lipinski definition) is 0. The molecule has 1 aliphatic heterocycles. The zero-order valence-corrected chi connectivity index (χ0v) is 14.7. The lowest BCUT2D eigenvalue weighted by atomic mass is 9.73. The molecule has 4 heteroatoms. The van der Waals surface area contributed by atoms with E-state index in [1.54, 1.807) is 6.92 Å². The molecule has 1 heterocycles. The van der Waals surface area contributed by atoms with Crippen molar-refractivity contribution in [1.82, 2.24) is 0 Å². The standard InChI is InChI=1S/C17H19BO3.C2H6/c1-12(19)13-6-4-8-15-14(13)7-5-9-16(15)18-20-10-17(2,3)11-21-18;1-2/h4-9H,10-11H2,1-3H3;1-2H3. The summed E-state index contributed by atoms with van der Waals surface area (Å²) < 4.78 is 11.8. The largest absolute Gasteiger partial charge is 0.494 e. The molecule has 0 radical (unpaired) electrons. The van der Waals surface area contributed by atoms with Crippen LogP contribution in [-0.2, 0) is 9.31 Å². The molecular weight excluding hydrogens is 287 g/mol. The highest BCUT2D eigenvalue weighted by Crippen LogP contribution is 2.24. The lowest BCUT2D eigenvalue weighted by molar-refractivity contribution is 0.0344. The van der Waals surface area contributed by atoms with Crippen molar-refractivity contribution in [2.75, 3.05) is 13.2 Å². The molecule has 0 atom stereocenters. The van der Waals surface area contributed by atoms with Crippen LogP contribution in [0.4, 0.5) is 0 Å². The van der Waals surface area contributed by atoms with E-state index in [4.69, 9.17) is 9.31 Å². The average Bonchev–Trinajstić information content (AvgIpc) is 2.55. The molecule has 122 valence electrons. The Morgan fingerprint density at radius 3 is 2.17 bits per heavy atom. The summed E-state index contributed by atoms with van der Waals surface area (Å²) in [5.74, 6) is 0.0735. The van der Waals surface area contributed by atoms with Crippen LogP contribution in [0, 0.1) is 5.41 Å². The zero-order valence-electron chi connectivity index (χ0n) is 14.7. The summed E-state index contributed by atoms with van der Waals surface area (Å²) in [5.41, 5.74) is 1.78. The maximum atomic E-state index is 11.8. The van der Waals surface area contributed by atoms with E-state index >= 15 is 0 Å². The Labute approximate surface area is 139 Å². The minimum Gasteiger partial charge on any atom is -0.407 e. The van der Waals surface area contributed by atoms with Crippen LogP contribution >= 0.6 is 0 Å². The van der Waals surface area contributed by atoms with Gasteiger partial charge in [0.05, 0.1) is 0 Å². The van der Waals surface area contributed by atoms with Gasteiger partial charge in [0.2, 0.25) is 0 Å². The van der Waals surface area contributed by atoms with Crippen LogP contribution < -0.4 is 5.46 Å². The van der Waals surface area contributed by atoms with Crippen LogP contribution in [0.1, 0.15) is 45.0 Å². The van der Waals surface area contributed by atoms with E-state index in [1.807, 2.05) is 50.2 Å². The summed E-state index contributed by atoms with van der Waals surface area (Å²) >= 11 is 0. The van der Waals surface area contributed by atoms with E-state index in [0.717, 1.165) is 21.8 Å². The van der Waals surface area contributed by atoms with Gasteiger partial charge in [0.1, 0.15) is 0 Å². The third-order valence-corrected chi connectivity index (χ3v) is 3.84. The molecule has 0 bridgehead atoms. The molecule has 0 unspecified atom stereocenters. The van der Waals surface area contributed by atoms with Crippen LogP contribution in [0.15, 0.2) is 36.4 Å². The summed E-state index contributed by atoms with van der Waals surface area (Å²) in [6.45, 7) is 11.2. The first-order valence-electron chi connectivity index (χ1n) is 8.24. The minimum atomic E-state index is -0.357. The minimum absolute atomic E-state index is 0.0473. The Balaban J connectivity index is 0.000000924. The highest BCUT2D eigenvalue weighted by Gasteiger charge is 2.34. The average molecular weight is 312 g/mol. The lowest BCUT2D eigenvalue weighted by Gasteiger charge is -2.33. The van der Waals surface area contributed by atoms with E-state index in [9.17, 15) is 4.79 Å². The molecule has 2 aromatic carbocycles. The fraction of sp³-hybridized carbons (Fsp3) is 0.421. The smallest absolute Gasteiger partial charge is 0.407 e. The molecule has 1 fully saturated rings. The van der Waals surface area contributed by atoms with Crippen molar-refractivity contribution >= 4 is 29.1 Å². The summed E-state index contributed by atoms with van der Waals surface area (Å²) in [5, 5.41) is 1.98. The SMILES string of the molecule is CC.CC(=O)c1cccc2c(B3OCC(C)(C)CO3)cccc12. The number of benzene rings is 2. The molecule has 3 rings (SSSR count). The maximum Gasteiger partial charge on any atom is 0.494 e. The predicted molar refractivity (Wildman–Crippen MR) is 96.4 cm³/mol. The van der Waals surface area contributed by atoms with Gasteiger partial charge in [0.15, 0.2) is 5.78 Å². The van der Waals surface area contributed by atoms with Gasteiger partial charge in [0, 0.05) is 24.2 Å². The fourth-order valence-corrected chi connectivity index (χ4v) is 2.72. The Morgan fingerprint density at radius 1 is 1.00 bits per heavy atom. The molecule has 0 aliphatic carbocycles. The van der Waals surface area contributed by atoms with E-state index in [2.05, 4.69) is 13.8 Å². The third-order valence-electron chi connectivity index (χ3n) is 3.84. The van der Waals surface area contributed by atoms with Crippen LogP contribution in [0.25, 0.3) is 10.8 Å². The van der Waals surface area contributed by atoms with Crippen molar-refractivity contribution in [3.63, 3.8) is 0 Å². The molecule has 1 saturated heterocycles. The monoisotopic (exact) mass is 312 g/mol. The van der Waals surface area contributed by atoms with E-state index in [1.165, 1.54) is 0 Å². The molecule has 2 aromatic rings. The number of Topliss-reactive ketones (excluding diaryl/α,β-unsaturated/α-hetero) is 1. The molecule has 0 N–H and O–H groups in total. The first-order chi connectivity index (χ1) is 11.0. The normalized spacial score (nSPS) is 16.7. The highest BCUT2D eigenvalue weighted by atomic mass is 16.6. The Kier molecular flexibility index (Phi) is 5.61. The van der Waals surface area contributed by atoms with Crippen molar-refractivity contribution in [2.24, 2.45) is 5.41 Å². The lowest BCUT2D eigenvalue weighted by Crippen LogP contribution is -2.47. The second-order valence-corrected chi connectivity index (χ2v) is 6.42. The van der Waals surface area contributed by atoms with Gasteiger partial charge in [-0.15, -0.1) is 0 Å². The van der Waals surface area contributed by atoms with Crippen LogP contribution in [0.2, 0.25) is 0 Å². The van der Waals surface area contributed by atoms with Crippen molar-refractivity contribution in [3.05, 3.63) is 42.0 Å². The Bertz CT molecular complexity index is 684. The van der Waals surface area contributed by atoms with Crippen molar-refractivity contribution in [2.45, 2.75) is 34.6 Å². The number of carbonyl (C=O) groups is 1. The van der Waals surface area contributed by atoms with Gasteiger partial charge in [-0.2, -0.15) is 0 Å².